The molecular formula is C15H18N2O. The zero-order valence-electron chi connectivity index (χ0n) is 10.6. The monoisotopic (exact) mass is 242 g/mol. The van der Waals surface area contributed by atoms with Crippen molar-refractivity contribution in [1.29, 1.82) is 0 Å². The maximum absolute atomic E-state index is 10.3. The van der Waals surface area contributed by atoms with Gasteiger partial charge >= 0.3 is 0 Å². The molecule has 18 heavy (non-hydrogen) atoms. The van der Waals surface area contributed by atoms with Crippen molar-refractivity contribution in [3.8, 4) is 0 Å². The van der Waals surface area contributed by atoms with Gasteiger partial charge < -0.3 is 5.11 Å². The molecule has 0 spiro atoms. The zero-order valence-corrected chi connectivity index (χ0v) is 10.6. The van der Waals surface area contributed by atoms with Gasteiger partial charge in [0.1, 0.15) is 0 Å². The van der Waals surface area contributed by atoms with Crippen molar-refractivity contribution in [3.05, 3.63) is 53.3 Å². The lowest BCUT2D eigenvalue weighted by Gasteiger charge is -2.16. The van der Waals surface area contributed by atoms with Crippen LogP contribution < -0.4 is 0 Å². The molecule has 1 unspecified atom stereocenters. The summed E-state index contributed by atoms with van der Waals surface area (Å²) >= 11 is 0. The number of aliphatic hydroxyl groups excluding tert-OH is 1. The second kappa shape index (κ2) is 4.58. The van der Waals surface area contributed by atoms with E-state index in [9.17, 15) is 5.11 Å². The SMILES string of the molecule is Cn1cc(CC(O)C2Cc3ccccc3C2)cn1. The molecule has 0 amide bonds. The maximum Gasteiger partial charge on any atom is 0.0616 e. The largest absolute Gasteiger partial charge is 0.392 e. The minimum Gasteiger partial charge on any atom is -0.392 e. The van der Waals surface area contributed by atoms with Gasteiger partial charge in [0.25, 0.3) is 0 Å². The highest BCUT2D eigenvalue weighted by molar-refractivity contribution is 5.32. The molecule has 1 atom stereocenters. The normalized spacial score (nSPS) is 16.8. The van der Waals surface area contributed by atoms with Crippen LogP contribution in [0.1, 0.15) is 16.7 Å². The molecule has 1 aromatic heterocycles. The first-order valence-corrected chi connectivity index (χ1v) is 6.45. The molecule has 2 aromatic rings. The van der Waals surface area contributed by atoms with Crippen molar-refractivity contribution in [2.24, 2.45) is 13.0 Å². The van der Waals surface area contributed by atoms with E-state index in [1.165, 1.54) is 11.1 Å². The van der Waals surface area contributed by atoms with Gasteiger partial charge in [-0.05, 0) is 35.4 Å². The minimum absolute atomic E-state index is 0.276. The van der Waals surface area contributed by atoms with Crippen molar-refractivity contribution in [1.82, 2.24) is 9.78 Å². The quantitative estimate of drug-likeness (QED) is 0.890. The second-order valence-corrected chi connectivity index (χ2v) is 5.23. The Kier molecular flexibility index (Phi) is 2.92. The molecule has 0 fully saturated rings. The molecule has 1 aliphatic carbocycles. The number of aromatic nitrogens is 2. The van der Waals surface area contributed by atoms with Crippen molar-refractivity contribution in [2.75, 3.05) is 0 Å². The first kappa shape index (κ1) is 11.5. The fourth-order valence-electron chi connectivity index (χ4n) is 2.85. The van der Waals surface area contributed by atoms with E-state index in [2.05, 4.69) is 29.4 Å². The van der Waals surface area contributed by atoms with Crippen molar-refractivity contribution in [2.45, 2.75) is 25.4 Å². The van der Waals surface area contributed by atoms with E-state index in [0.717, 1.165) is 18.4 Å². The van der Waals surface area contributed by atoms with Crippen LogP contribution in [0, 0.1) is 5.92 Å². The highest BCUT2D eigenvalue weighted by atomic mass is 16.3. The summed E-state index contributed by atoms with van der Waals surface area (Å²) in [5.74, 6) is 0.350. The summed E-state index contributed by atoms with van der Waals surface area (Å²) < 4.78 is 1.78. The Bertz CT molecular complexity index is 522. The van der Waals surface area contributed by atoms with Crippen LogP contribution in [0.15, 0.2) is 36.7 Å². The molecule has 94 valence electrons. The molecule has 1 N–H and O–H groups in total. The van der Waals surface area contributed by atoms with E-state index in [4.69, 9.17) is 0 Å². The van der Waals surface area contributed by atoms with E-state index < -0.39 is 0 Å². The van der Waals surface area contributed by atoms with E-state index in [-0.39, 0.29) is 6.10 Å². The molecule has 1 heterocycles. The van der Waals surface area contributed by atoms with Gasteiger partial charge in [-0.2, -0.15) is 5.10 Å². The number of hydrogen-bond acceptors (Lipinski definition) is 2. The lowest BCUT2D eigenvalue weighted by atomic mass is 9.95. The third-order valence-corrected chi connectivity index (χ3v) is 3.83. The van der Waals surface area contributed by atoms with E-state index in [0.29, 0.717) is 12.3 Å². The van der Waals surface area contributed by atoms with Crippen LogP contribution in [-0.2, 0) is 26.3 Å². The topological polar surface area (TPSA) is 38.0 Å². The van der Waals surface area contributed by atoms with Gasteiger partial charge in [-0.25, -0.2) is 0 Å². The van der Waals surface area contributed by atoms with Crippen LogP contribution in [0.4, 0.5) is 0 Å². The molecule has 0 aliphatic heterocycles. The third kappa shape index (κ3) is 2.18. The van der Waals surface area contributed by atoms with Crippen LogP contribution >= 0.6 is 0 Å². The van der Waals surface area contributed by atoms with Gasteiger partial charge in [-0.3, -0.25) is 4.68 Å². The average molecular weight is 242 g/mol. The van der Waals surface area contributed by atoms with Crippen molar-refractivity contribution < 1.29 is 5.11 Å². The van der Waals surface area contributed by atoms with E-state index in [1.54, 1.807) is 4.68 Å². The van der Waals surface area contributed by atoms with Crippen LogP contribution in [0.3, 0.4) is 0 Å². The Morgan fingerprint density at radius 1 is 1.33 bits per heavy atom. The molecule has 0 radical (unpaired) electrons. The average Bonchev–Trinajstić information content (AvgIpc) is 2.95. The Morgan fingerprint density at radius 3 is 2.56 bits per heavy atom. The summed E-state index contributed by atoms with van der Waals surface area (Å²) in [5, 5.41) is 14.5. The summed E-state index contributed by atoms with van der Waals surface area (Å²) in [6.45, 7) is 0. The highest BCUT2D eigenvalue weighted by Gasteiger charge is 2.27. The number of rotatable bonds is 3. The van der Waals surface area contributed by atoms with Gasteiger partial charge in [-0.1, -0.05) is 24.3 Å². The third-order valence-electron chi connectivity index (χ3n) is 3.83. The molecule has 3 heteroatoms. The smallest absolute Gasteiger partial charge is 0.0616 e. The second-order valence-electron chi connectivity index (χ2n) is 5.23. The molecule has 0 saturated heterocycles. The Labute approximate surface area is 107 Å². The molecule has 0 saturated carbocycles. The Balaban J connectivity index is 1.67. The number of benzene rings is 1. The number of aryl methyl sites for hydroxylation is 1. The van der Waals surface area contributed by atoms with Gasteiger partial charge in [0.2, 0.25) is 0 Å². The molecule has 3 nitrogen and oxygen atoms in total. The Hall–Kier alpha value is -1.61. The van der Waals surface area contributed by atoms with Crippen LogP contribution in [-0.4, -0.2) is 21.0 Å². The van der Waals surface area contributed by atoms with Gasteiger partial charge in [0.15, 0.2) is 0 Å². The lowest BCUT2D eigenvalue weighted by Crippen LogP contribution is -2.23. The van der Waals surface area contributed by atoms with E-state index >= 15 is 0 Å². The molecule has 1 aliphatic rings. The van der Waals surface area contributed by atoms with Gasteiger partial charge in [0, 0.05) is 19.7 Å². The molecule has 1 aromatic carbocycles. The predicted octanol–water partition coefficient (Wildman–Crippen LogP) is 1.74. The maximum atomic E-state index is 10.3. The zero-order chi connectivity index (χ0) is 12.5. The Morgan fingerprint density at radius 2 is 2.00 bits per heavy atom. The van der Waals surface area contributed by atoms with Crippen LogP contribution in [0.2, 0.25) is 0 Å². The van der Waals surface area contributed by atoms with Crippen molar-refractivity contribution >= 4 is 0 Å². The summed E-state index contributed by atoms with van der Waals surface area (Å²) in [6.07, 6.45) is 6.24. The molecular weight excluding hydrogens is 224 g/mol. The minimum atomic E-state index is -0.276. The lowest BCUT2D eigenvalue weighted by molar-refractivity contribution is 0.113. The fourth-order valence-corrected chi connectivity index (χ4v) is 2.85. The van der Waals surface area contributed by atoms with Gasteiger partial charge in [0.05, 0.1) is 12.3 Å². The van der Waals surface area contributed by atoms with Gasteiger partial charge in [-0.15, -0.1) is 0 Å². The summed E-state index contributed by atoms with van der Waals surface area (Å²) in [5.41, 5.74) is 3.90. The number of fused-ring (bicyclic) bond motifs is 1. The molecule has 0 bridgehead atoms. The van der Waals surface area contributed by atoms with Crippen LogP contribution in [0.25, 0.3) is 0 Å². The predicted molar refractivity (Wildman–Crippen MR) is 70.3 cm³/mol. The summed E-state index contributed by atoms with van der Waals surface area (Å²) in [6, 6.07) is 8.50. The number of aliphatic hydroxyl groups is 1. The van der Waals surface area contributed by atoms with E-state index in [1.807, 2.05) is 19.4 Å². The number of hydrogen-bond donors (Lipinski definition) is 1. The van der Waals surface area contributed by atoms with Crippen LogP contribution in [0.5, 0.6) is 0 Å². The standard InChI is InChI=1S/C15H18N2O/c1-17-10-11(9-16-17)6-15(18)14-7-12-4-2-3-5-13(12)8-14/h2-5,9-10,14-15,18H,6-8H2,1H3. The summed E-state index contributed by atoms with van der Waals surface area (Å²) in [7, 11) is 1.90. The van der Waals surface area contributed by atoms with Crippen molar-refractivity contribution in [3.63, 3.8) is 0 Å². The number of nitrogens with zero attached hydrogens (tertiary/aromatic N) is 2. The first-order valence-electron chi connectivity index (χ1n) is 6.45. The fraction of sp³-hybridized carbons (Fsp3) is 0.400. The summed E-state index contributed by atoms with van der Waals surface area (Å²) in [4.78, 5) is 0. The first-order chi connectivity index (χ1) is 8.72. The molecule has 3 rings (SSSR count). The highest BCUT2D eigenvalue weighted by Crippen LogP contribution is 2.29.